The Balaban J connectivity index is 2.11. The summed E-state index contributed by atoms with van der Waals surface area (Å²) in [6, 6.07) is 23.2. The summed E-state index contributed by atoms with van der Waals surface area (Å²) in [4.78, 5) is 6.15. The van der Waals surface area contributed by atoms with Gasteiger partial charge in [-0.25, -0.2) is 0 Å². The van der Waals surface area contributed by atoms with E-state index in [2.05, 4.69) is 68.2 Å². The maximum atomic E-state index is 4.87. The summed E-state index contributed by atoms with van der Waals surface area (Å²) in [5, 5.41) is 2.47. The Bertz CT molecular complexity index is 835. The first-order valence-corrected chi connectivity index (χ1v) is 12.9. The molecule has 1 nitrogen and oxygen atoms in total. The molecule has 23 heavy (non-hydrogen) atoms. The highest BCUT2D eigenvalue weighted by Crippen LogP contribution is 2.40. The summed E-state index contributed by atoms with van der Waals surface area (Å²) < 4.78 is 0. The molecule has 0 aromatic heterocycles. The third-order valence-corrected chi connectivity index (χ3v) is 7.08. The fourth-order valence-electron chi connectivity index (χ4n) is 2.46. The third-order valence-electron chi connectivity index (χ3n) is 3.42. The van der Waals surface area contributed by atoms with E-state index in [0.717, 1.165) is 11.3 Å². The first kappa shape index (κ1) is 16.0. The summed E-state index contributed by atoms with van der Waals surface area (Å²) >= 11 is 2.00. The minimum absolute atomic E-state index is 1.10. The quantitative estimate of drug-likeness (QED) is 0.390. The Kier molecular flexibility index (Phi) is 4.69. The highest BCUT2D eigenvalue weighted by Gasteiger charge is 2.18. The maximum absolute atomic E-state index is 4.87. The lowest BCUT2D eigenvalue weighted by atomic mass is 10.1. The van der Waals surface area contributed by atoms with Crippen molar-refractivity contribution in [2.75, 3.05) is 0 Å². The van der Waals surface area contributed by atoms with Gasteiger partial charge >= 0.3 is 0 Å². The molecule has 3 heteroatoms. The largest absolute Gasteiger partial charge is 0.254 e. The van der Waals surface area contributed by atoms with Gasteiger partial charge in [0.15, 0.2) is 0 Å². The van der Waals surface area contributed by atoms with Gasteiger partial charge in [-0.2, -0.15) is 0 Å². The molecule has 3 aromatic carbocycles. The van der Waals surface area contributed by atoms with Crippen molar-refractivity contribution < 1.29 is 0 Å². The van der Waals surface area contributed by atoms with Gasteiger partial charge < -0.3 is 0 Å². The number of hydrogen-bond acceptors (Lipinski definition) is 2. The van der Waals surface area contributed by atoms with E-state index in [1.807, 2.05) is 35.6 Å². The lowest BCUT2D eigenvalue weighted by Gasteiger charge is -2.17. The van der Waals surface area contributed by atoms with Crippen LogP contribution >= 0.6 is 11.2 Å². The molecule has 0 N–H and O–H groups in total. The van der Waals surface area contributed by atoms with Gasteiger partial charge in [0.05, 0.1) is 5.69 Å². The van der Waals surface area contributed by atoms with Crippen LogP contribution in [-0.4, -0.2) is 13.4 Å². The summed E-state index contributed by atoms with van der Waals surface area (Å²) in [5.41, 5.74) is 2.23. The van der Waals surface area contributed by atoms with Crippen LogP contribution in [0.25, 0.3) is 10.8 Å². The molecule has 3 rings (SSSR count). The van der Waals surface area contributed by atoms with Gasteiger partial charge in [0.25, 0.3) is 0 Å². The lowest BCUT2D eigenvalue weighted by Crippen LogP contribution is -2.13. The highest BCUT2D eigenvalue weighted by atomic mass is 32.4. The van der Waals surface area contributed by atoms with Gasteiger partial charge in [0, 0.05) is 16.5 Å². The van der Waals surface area contributed by atoms with E-state index in [0.29, 0.717) is 0 Å². The molecule has 0 spiro atoms. The van der Waals surface area contributed by atoms with Crippen LogP contribution in [0.15, 0.2) is 76.6 Å². The van der Waals surface area contributed by atoms with E-state index in [1.165, 1.54) is 15.7 Å². The van der Waals surface area contributed by atoms with Gasteiger partial charge in [0.2, 0.25) is 0 Å². The van der Waals surface area contributed by atoms with Crippen molar-refractivity contribution >= 4 is 41.1 Å². The minimum atomic E-state index is -1.28. The predicted molar refractivity (Wildman–Crippen MR) is 107 cm³/mol. The van der Waals surface area contributed by atoms with Crippen LogP contribution in [0.1, 0.15) is 5.56 Å². The molecular formula is C20H21NSSi. The molecule has 0 saturated heterocycles. The SMILES string of the molecule is C[Si](C)(C)Sc1ccc2ccccc2c1/N=C/c1ccccc1. The molecular weight excluding hydrogens is 314 g/mol. The maximum Gasteiger partial charge on any atom is 0.114 e. The van der Waals surface area contributed by atoms with Crippen LogP contribution in [0.3, 0.4) is 0 Å². The van der Waals surface area contributed by atoms with Gasteiger partial charge in [0.1, 0.15) is 7.22 Å². The Morgan fingerprint density at radius 3 is 2.26 bits per heavy atom. The summed E-state index contributed by atoms with van der Waals surface area (Å²) in [6.45, 7) is 7.12. The number of fused-ring (bicyclic) bond motifs is 1. The molecule has 0 radical (unpaired) electrons. The average molecular weight is 336 g/mol. The van der Waals surface area contributed by atoms with Crippen molar-refractivity contribution in [1.29, 1.82) is 0 Å². The number of rotatable bonds is 4. The van der Waals surface area contributed by atoms with E-state index in [4.69, 9.17) is 4.99 Å². The molecule has 0 unspecified atom stereocenters. The number of aliphatic imine (C=N–C) groups is 1. The molecule has 116 valence electrons. The average Bonchev–Trinajstić information content (AvgIpc) is 2.53. The molecule has 0 bridgehead atoms. The van der Waals surface area contributed by atoms with Crippen LogP contribution in [0.2, 0.25) is 19.6 Å². The molecule has 0 amide bonds. The van der Waals surface area contributed by atoms with Crippen molar-refractivity contribution in [2.45, 2.75) is 24.5 Å². The molecule has 3 aromatic rings. The highest BCUT2D eigenvalue weighted by molar-refractivity contribution is 8.28. The van der Waals surface area contributed by atoms with Crippen LogP contribution in [0.4, 0.5) is 5.69 Å². The second kappa shape index (κ2) is 6.73. The summed E-state index contributed by atoms with van der Waals surface area (Å²) in [7, 11) is -1.28. The Morgan fingerprint density at radius 1 is 0.826 bits per heavy atom. The zero-order valence-electron chi connectivity index (χ0n) is 13.8. The van der Waals surface area contributed by atoms with Crippen molar-refractivity contribution in [3.05, 3.63) is 72.3 Å². The van der Waals surface area contributed by atoms with Gasteiger partial charge in [-0.15, -0.1) is 11.2 Å². The standard InChI is InChI=1S/C20H21NSSi/c1-23(2,3)22-19-14-13-17-11-7-8-12-18(17)20(19)21-15-16-9-5-4-6-10-16/h4-15H,1-3H3/b21-15+. The minimum Gasteiger partial charge on any atom is -0.254 e. The number of hydrogen-bond donors (Lipinski definition) is 0. The zero-order chi connectivity index (χ0) is 16.3. The Morgan fingerprint density at radius 2 is 1.52 bits per heavy atom. The molecule has 0 atom stereocenters. The topological polar surface area (TPSA) is 12.4 Å². The second-order valence-corrected chi connectivity index (χ2v) is 15.7. The lowest BCUT2D eigenvalue weighted by molar-refractivity contribution is 1.42. The summed E-state index contributed by atoms with van der Waals surface area (Å²) in [6.07, 6.45) is 1.97. The van der Waals surface area contributed by atoms with Crippen molar-refractivity contribution in [3.63, 3.8) is 0 Å². The van der Waals surface area contributed by atoms with Crippen LogP contribution in [0.5, 0.6) is 0 Å². The van der Waals surface area contributed by atoms with E-state index in [1.54, 1.807) is 0 Å². The van der Waals surface area contributed by atoms with Crippen LogP contribution < -0.4 is 0 Å². The van der Waals surface area contributed by atoms with E-state index in [9.17, 15) is 0 Å². The van der Waals surface area contributed by atoms with Gasteiger partial charge in [-0.3, -0.25) is 4.99 Å². The van der Waals surface area contributed by atoms with E-state index < -0.39 is 7.22 Å². The first-order valence-electron chi connectivity index (χ1n) is 7.83. The van der Waals surface area contributed by atoms with Gasteiger partial charge in [-0.05, 0) is 17.0 Å². The molecule has 0 aliphatic heterocycles. The predicted octanol–water partition coefficient (Wildman–Crippen LogP) is 6.52. The molecule has 0 saturated carbocycles. The zero-order valence-corrected chi connectivity index (χ0v) is 15.6. The fourth-order valence-corrected chi connectivity index (χ4v) is 5.99. The van der Waals surface area contributed by atoms with Gasteiger partial charge in [-0.1, -0.05) is 80.3 Å². The smallest absolute Gasteiger partial charge is 0.114 e. The third kappa shape index (κ3) is 4.12. The van der Waals surface area contributed by atoms with Crippen molar-refractivity contribution in [3.8, 4) is 0 Å². The monoisotopic (exact) mass is 335 g/mol. The van der Waals surface area contributed by atoms with Crippen LogP contribution in [-0.2, 0) is 0 Å². The van der Waals surface area contributed by atoms with E-state index >= 15 is 0 Å². The molecule has 0 heterocycles. The number of nitrogens with zero attached hydrogens (tertiary/aromatic N) is 1. The normalized spacial score (nSPS) is 12.1. The van der Waals surface area contributed by atoms with Crippen molar-refractivity contribution in [1.82, 2.24) is 0 Å². The molecule has 0 aliphatic carbocycles. The summed E-state index contributed by atoms with van der Waals surface area (Å²) in [5.74, 6) is 0. The van der Waals surface area contributed by atoms with Crippen molar-refractivity contribution in [2.24, 2.45) is 4.99 Å². The first-order chi connectivity index (χ1) is 11.0. The van der Waals surface area contributed by atoms with E-state index in [-0.39, 0.29) is 0 Å². The molecule has 0 aliphatic rings. The second-order valence-electron chi connectivity index (χ2n) is 6.52. The fraction of sp³-hybridized carbons (Fsp3) is 0.150. The number of benzene rings is 3. The Labute approximate surface area is 143 Å². The molecule has 0 fully saturated rings. The van der Waals surface area contributed by atoms with Crippen LogP contribution in [0, 0.1) is 0 Å². The Hall–Kier alpha value is -1.84.